The highest BCUT2D eigenvalue weighted by atomic mass is 16.5. The van der Waals surface area contributed by atoms with Crippen molar-refractivity contribution in [1.82, 2.24) is 21.3 Å². The third-order valence-electron chi connectivity index (χ3n) is 19.6. The number of primary amides is 1. The molecule has 0 aliphatic rings. The van der Waals surface area contributed by atoms with E-state index in [1.54, 1.807) is 21.1 Å². The van der Waals surface area contributed by atoms with Crippen molar-refractivity contribution >= 4 is 71.5 Å². The molecule has 0 saturated carbocycles. The van der Waals surface area contributed by atoms with E-state index in [0.717, 1.165) is 92.2 Å². The van der Waals surface area contributed by atoms with E-state index < -0.39 is 84.3 Å². The van der Waals surface area contributed by atoms with Gasteiger partial charge in [-0.1, -0.05) is 343 Å². The van der Waals surface area contributed by atoms with Crippen LogP contribution in [0.5, 0.6) is 0 Å². The zero-order valence-electron chi connectivity index (χ0n) is 100. The maximum atomic E-state index is 11.8. The van der Waals surface area contributed by atoms with E-state index in [2.05, 4.69) is 208 Å². The fourth-order valence-electron chi connectivity index (χ4n) is 9.79. The van der Waals surface area contributed by atoms with Gasteiger partial charge >= 0.3 is 48.0 Å². The fraction of sp³-hybridized carbons (Fsp3) is 0.893. The van der Waals surface area contributed by atoms with Gasteiger partial charge in [0.15, 0.2) is 5.78 Å². The van der Waals surface area contributed by atoms with E-state index >= 15 is 0 Å². The van der Waals surface area contributed by atoms with E-state index in [-0.39, 0.29) is 66.8 Å². The molecule has 9 atom stereocenters. The highest BCUT2D eigenvalue weighted by Crippen LogP contribution is 2.16. The van der Waals surface area contributed by atoms with Gasteiger partial charge in [-0.3, -0.25) is 33.6 Å². The summed E-state index contributed by atoms with van der Waals surface area (Å²) in [7, 11) is 3.48. The van der Waals surface area contributed by atoms with Crippen molar-refractivity contribution in [3.8, 4) is 0 Å². The molecule has 0 aromatic carbocycles. The van der Waals surface area contributed by atoms with E-state index in [9.17, 15) is 52.7 Å². The number of ketones is 1. The predicted molar refractivity (Wildman–Crippen MR) is 599 cm³/mol. The first-order chi connectivity index (χ1) is 64.9. The summed E-state index contributed by atoms with van der Waals surface area (Å²) in [5.74, 6) is 4.48. The predicted octanol–water partition coefficient (Wildman–Crippen LogP) is 24.4. The fourth-order valence-corrected chi connectivity index (χ4v) is 9.79. The van der Waals surface area contributed by atoms with E-state index in [0.29, 0.717) is 100 Å². The average Bonchev–Trinajstić information content (AvgIpc) is 0.908. The number of aliphatic hydroxyl groups is 2. The monoisotopic (exact) mass is 2070 g/mol. The Hall–Kier alpha value is -6.73. The van der Waals surface area contributed by atoms with Gasteiger partial charge in [-0.15, -0.1) is 0 Å². The second-order valence-electron chi connectivity index (χ2n) is 42.8. The molecule has 31 nitrogen and oxygen atoms in total. The Morgan fingerprint density at radius 3 is 0.755 bits per heavy atom. The summed E-state index contributed by atoms with van der Waals surface area (Å²) in [4.78, 5) is 134. The summed E-state index contributed by atoms with van der Waals surface area (Å²) in [6, 6.07) is -4.85. The molecule has 0 saturated heterocycles. The van der Waals surface area contributed by atoms with Crippen LogP contribution < -0.4 is 44.2 Å². The number of carbonyl (C=O) groups excluding carboxylic acids is 7. The molecule has 868 valence electrons. The molecule has 0 aliphatic carbocycles. The first-order valence-electron chi connectivity index (χ1n) is 53.3. The SMILES string of the molecule is C.CC(=O)NC(CC(C)C)C(=O)O.CC(=O)NC(CCC(C)C)C(=O)O.CC(C)C(C)C.CC(C)CC(N)C(=O)O.CC(C)CC(NC(N)=O)C(=O)O.CC(C)CC(O)C(C)O.CC(C)CCC(N)C(=O)O.CCC(C(=O)O)C(C)C.CCC(C)C.CCC(C)C.CCCC(=O)C(CC(C)C)NC(=O)CCCN.CCCC(C)C.CCCC(C)C.CCCC(C)C.COCCC(C)C.COCCC(C)C.O=C=O. The zero-order valence-corrected chi connectivity index (χ0v) is 100. The first-order valence-corrected chi connectivity index (χ1v) is 53.3. The molecule has 0 fully saturated rings. The maximum absolute atomic E-state index is 11.8. The van der Waals surface area contributed by atoms with Crippen molar-refractivity contribution in [3.63, 3.8) is 0 Å². The molecule has 0 rings (SSSR count). The number of urea groups is 1. The minimum atomic E-state index is -1.05. The number of carboxylic acid groups (broad SMARTS) is 6. The Kier molecular flexibility index (Phi) is 159. The number of methoxy groups -OCH3 is 2. The van der Waals surface area contributed by atoms with Crippen molar-refractivity contribution in [2.45, 2.75) is 515 Å². The zero-order chi connectivity index (χ0) is 116. The third kappa shape index (κ3) is 201. The minimum absolute atomic E-state index is 0. The van der Waals surface area contributed by atoms with Crippen LogP contribution in [-0.4, -0.2) is 195 Å². The molecular formula is C112H242N8O23. The lowest BCUT2D eigenvalue weighted by atomic mass is 9.94. The summed E-state index contributed by atoms with van der Waals surface area (Å²) in [6.45, 7) is 93.3. The number of carbonyl (C=O) groups is 11. The van der Waals surface area contributed by atoms with Crippen LogP contribution in [-0.2, 0) is 67.0 Å². The lowest BCUT2D eigenvalue weighted by molar-refractivity contribution is -0.192. The van der Waals surface area contributed by atoms with Gasteiger partial charge in [0.1, 0.15) is 30.2 Å². The van der Waals surface area contributed by atoms with Gasteiger partial charge < -0.3 is 94.5 Å². The summed E-state index contributed by atoms with van der Waals surface area (Å²) in [5.41, 5.74) is 20.6. The van der Waals surface area contributed by atoms with E-state index in [4.69, 9.17) is 82.8 Å². The number of amides is 5. The van der Waals surface area contributed by atoms with Crippen LogP contribution in [0.3, 0.4) is 0 Å². The summed E-state index contributed by atoms with van der Waals surface area (Å²) >= 11 is 0. The average molecular weight is 2070 g/mol. The van der Waals surface area contributed by atoms with Crippen LogP contribution in [0.15, 0.2) is 0 Å². The van der Waals surface area contributed by atoms with Crippen LogP contribution in [0.2, 0.25) is 0 Å². The number of hydrogen-bond acceptors (Lipinski definition) is 20. The van der Waals surface area contributed by atoms with Crippen molar-refractivity contribution < 1.29 is 113 Å². The highest BCUT2D eigenvalue weighted by molar-refractivity contribution is 5.89. The highest BCUT2D eigenvalue weighted by Gasteiger charge is 2.24. The molecular weight excluding hydrogens is 1830 g/mol. The molecule has 9 unspecified atom stereocenters. The topological polar surface area (TPSA) is 554 Å². The number of rotatable bonds is 50. The van der Waals surface area contributed by atoms with Crippen LogP contribution in [0, 0.1) is 107 Å². The molecule has 5 amide bonds. The van der Waals surface area contributed by atoms with Gasteiger partial charge in [-0.05, 0) is 204 Å². The second kappa shape index (κ2) is 128. The van der Waals surface area contributed by atoms with Gasteiger partial charge in [0.25, 0.3) is 0 Å². The van der Waals surface area contributed by atoms with Gasteiger partial charge in [-0.2, -0.15) is 9.59 Å². The lowest BCUT2D eigenvalue weighted by Gasteiger charge is -2.19. The molecule has 0 spiro atoms. The number of aliphatic carboxylic acids is 6. The Balaban J connectivity index is -0.0000000735. The molecule has 0 bridgehead atoms. The molecule has 0 aliphatic heterocycles. The van der Waals surface area contributed by atoms with Crippen molar-refractivity contribution in [2.24, 2.45) is 129 Å². The Morgan fingerprint density at radius 1 is 0.315 bits per heavy atom. The van der Waals surface area contributed by atoms with Crippen LogP contribution >= 0.6 is 0 Å². The Bertz CT molecular complexity index is 2700. The largest absolute Gasteiger partial charge is 0.481 e. The number of aliphatic hydroxyl groups excluding tert-OH is 2. The number of hydrogen-bond donors (Lipinski definition) is 16. The standard InChI is InChI=1S/C13H26N2O2.C9H17NO3.C8H15NO3.C7H14N2O3.C7H15NO2.C7H16O2.C7H14O2.C6H13NO2.2C6H14O.4C6H14.2C5H12.CO2.CH4/c1-4-6-12(16)11(9-10(2)3)15-13(17)7-5-8-14;1-6(2)4-5-8(9(12)13)10-7(3)11;1-5(2)4-7(8(11)12)9-6(3)10;1-4(2)3-5(6(10)11)9-7(8)12;1-5(2)3-4-6(8)7(9)10;1-5(2)4-7(9)6(3)8;1-4-6(5(2)3)7(8)9;1-4(2)3-5(7)6(8)9;2*1-6(2)4-5-7-3;1-5(2)6(3)4;3*1-4-5-6(2)3;2*1-4-5(2)3;2-1-3;/h10-11H,4-9,14H2,1-3H3,(H,15,17);6,8H,4-5H2,1-3H3,(H,10,11)(H,12,13);5,7H,4H2,1-3H3,(H,9,10)(H,11,12);4-5H,3H2,1-2H3,(H,10,11)(H3,8,9,12);5-6H,3-4,8H2,1-2H3,(H,9,10);5-9H,4H2,1-3H3;5-6H,4H2,1-3H3,(H,8,9);4-5H,3,7H2,1-2H3,(H,8,9);2*6H,4-5H2,1-3H3;5-6H,1-4H3;3*6H,4-5H2,1-3H3;2*5H,4H2,1-3H3;;1H4. The van der Waals surface area contributed by atoms with Crippen LogP contribution in [0.1, 0.15) is 466 Å². The summed E-state index contributed by atoms with van der Waals surface area (Å²) < 4.78 is 9.71. The molecule has 0 aromatic rings. The quantitative estimate of drug-likeness (QED) is 0.0269. The molecule has 31 heteroatoms. The van der Waals surface area contributed by atoms with Gasteiger partial charge in [0.05, 0.1) is 24.2 Å². The lowest BCUT2D eigenvalue weighted by Crippen LogP contribution is -2.44. The summed E-state index contributed by atoms with van der Waals surface area (Å²) in [6.07, 6.45) is 20.9. The number of ether oxygens (including phenoxy) is 2. The normalized spacial score (nSPS) is 12.0. The molecule has 143 heavy (non-hydrogen) atoms. The second-order valence-corrected chi connectivity index (χ2v) is 42.8. The molecule has 0 aromatic heterocycles. The Labute approximate surface area is 879 Å². The van der Waals surface area contributed by atoms with Crippen LogP contribution in [0.25, 0.3) is 0 Å². The number of nitrogens with two attached hydrogens (primary N) is 4. The van der Waals surface area contributed by atoms with Gasteiger partial charge in [0, 0.05) is 54.1 Å². The smallest absolute Gasteiger partial charge is 0.373 e. The third-order valence-corrected chi connectivity index (χ3v) is 19.6. The van der Waals surface area contributed by atoms with Crippen LogP contribution in [0.4, 0.5) is 4.79 Å². The molecule has 0 heterocycles. The molecule has 0 radical (unpaired) electrons. The van der Waals surface area contributed by atoms with Gasteiger partial charge in [-0.25, -0.2) is 19.2 Å². The van der Waals surface area contributed by atoms with Crippen molar-refractivity contribution in [3.05, 3.63) is 0 Å². The summed E-state index contributed by atoms with van der Waals surface area (Å²) in [5, 5.41) is 78.8. The maximum Gasteiger partial charge on any atom is 0.373 e. The molecule has 20 N–H and O–H groups in total. The number of carboxylic acids is 6. The van der Waals surface area contributed by atoms with Crippen molar-refractivity contribution in [2.75, 3.05) is 34.0 Å². The number of nitrogens with one attached hydrogen (secondary N) is 4. The van der Waals surface area contributed by atoms with E-state index in [1.165, 1.54) is 78.1 Å². The van der Waals surface area contributed by atoms with Crippen molar-refractivity contribution in [1.29, 1.82) is 0 Å². The number of Topliss-reactive ketones (excluding diaryl/α,β-unsaturated/α-hetero) is 1. The van der Waals surface area contributed by atoms with E-state index in [1.807, 2.05) is 96.9 Å². The minimum Gasteiger partial charge on any atom is -0.481 e. The Morgan fingerprint density at radius 2 is 0.594 bits per heavy atom. The van der Waals surface area contributed by atoms with Gasteiger partial charge in [0.2, 0.25) is 17.7 Å². The first kappa shape index (κ1) is 178.